The third-order valence-electron chi connectivity index (χ3n) is 3.92. The maximum absolute atomic E-state index is 12.3. The molecule has 2 aromatic carbocycles. The second-order valence-electron chi connectivity index (χ2n) is 5.73. The number of rotatable bonds is 8. The first-order valence-corrected chi connectivity index (χ1v) is 7.97. The number of hydrogen-bond donors (Lipinski definition) is 3. The summed E-state index contributed by atoms with van der Waals surface area (Å²) in [7, 11) is 1.38. The molecule has 0 spiro atoms. The van der Waals surface area contributed by atoms with Crippen LogP contribution >= 0.6 is 0 Å². The Morgan fingerprint density at radius 1 is 1.26 bits per heavy atom. The largest absolute Gasteiger partial charge is 0.496 e. The van der Waals surface area contributed by atoms with Crippen LogP contribution in [0.4, 0.5) is 5.69 Å². The van der Waals surface area contributed by atoms with Gasteiger partial charge in [0.25, 0.3) is 11.6 Å². The van der Waals surface area contributed by atoms with Gasteiger partial charge in [0.15, 0.2) is 6.10 Å². The number of nitrogens with one attached hydrogen (secondary N) is 1. The van der Waals surface area contributed by atoms with Crippen molar-refractivity contribution in [3.63, 3.8) is 0 Å². The molecule has 142 valence electrons. The van der Waals surface area contributed by atoms with Crippen molar-refractivity contribution in [3.05, 3.63) is 69.8 Å². The maximum Gasteiger partial charge on any atom is 0.269 e. The summed E-state index contributed by atoms with van der Waals surface area (Å²) < 4.78 is 5.15. The van der Waals surface area contributed by atoms with Gasteiger partial charge in [-0.2, -0.15) is 0 Å². The fourth-order valence-electron chi connectivity index (χ4n) is 2.52. The molecule has 9 nitrogen and oxygen atoms in total. The Morgan fingerprint density at radius 3 is 2.48 bits per heavy atom. The molecule has 0 bridgehead atoms. The van der Waals surface area contributed by atoms with Crippen LogP contribution in [0.3, 0.4) is 0 Å². The highest BCUT2D eigenvalue weighted by Gasteiger charge is 2.25. The smallest absolute Gasteiger partial charge is 0.269 e. The zero-order chi connectivity index (χ0) is 20.0. The molecular weight excluding hydrogens is 354 g/mol. The van der Waals surface area contributed by atoms with Crippen LogP contribution in [0.5, 0.6) is 5.75 Å². The van der Waals surface area contributed by atoms with Gasteiger partial charge in [0, 0.05) is 24.1 Å². The van der Waals surface area contributed by atoms with Crippen molar-refractivity contribution in [3.8, 4) is 5.75 Å². The van der Waals surface area contributed by atoms with E-state index >= 15 is 0 Å². The van der Waals surface area contributed by atoms with Crippen molar-refractivity contribution < 1.29 is 24.4 Å². The highest BCUT2D eigenvalue weighted by Crippen LogP contribution is 2.25. The number of carbonyl (C=O) groups excluding carboxylic acids is 2. The molecule has 0 radical (unpaired) electrons. The molecule has 0 fully saturated rings. The monoisotopic (exact) mass is 373 g/mol. The van der Waals surface area contributed by atoms with Gasteiger partial charge in [0.1, 0.15) is 11.8 Å². The molecule has 0 aliphatic heterocycles. The summed E-state index contributed by atoms with van der Waals surface area (Å²) in [6.45, 7) is 0. The maximum atomic E-state index is 12.3. The van der Waals surface area contributed by atoms with Crippen molar-refractivity contribution in [1.29, 1.82) is 0 Å². The fraction of sp³-hybridized carbons (Fsp3) is 0.222. The molecule has 0 aliphatic carbocycles. The van der Waals surface area contributed by atoms with Crippen molar-refractivity contribution in [2.45, 2.75) is 18.6 Å². The lowest BCUT2D eigenvalue weighted by Crippen LogP contribution is -2.47. The summed E-state index contributed by atoms with van der Waals surface area (Å²) in [5, 5.41) is 23.5. The van der Waals surface area contributed by atoms with Gasteiger partial charge in [-0.3, -0.25) is 19.7 Å². The summed E-state index contributed by atoms with van der Waals surface area (Å²) >= 11 is 0. The molecule has 0 aliphatic rings. The first kappa shape index (κ1) is 19.9. The van der Waals surface area contributed by atoms with Crippen LogP contribution in [0.1, 0.15) is 17.2 Å². The minimum atomic E-state index is -1.49. The lowest BCUT2D eigenvalue weighted by Gasteiger charge is -2.19. The predicted octanol–water partition coefficient (Wildman–Crippen LogP) is 0.850. The molecule has 4 N–H and O–H groups in total. The van der Waals surface area contributed by atoms with Crippen LogP contribution in [-0.4, -0.2) is 35.0 Å². The molecular formula is C18H19N3O6. The SMILES string of the molecule is COc1ccc([N+](=O)[O-])cc1C[C@@H](NC(=O)[C@@H](O)c1ccccc1)C(N)=O. The van der Waals surface area contributed by atoms with Gasteiger partial charge >= 0.3 is 0 Å². The second-order valence-corrected chi connectivity index (χ2v) is 5.73. The molecule has 9 heteroatoms. The number of nitro groups is 1. The van der Waals surface area contributed by atoms with Crippen LogP contribution in [0.25, 0.3) is 0 Å². The van der Waals surface area contributed by atoms with Gasteiger partial charge in [-0.15, -0.1) is 0 Å². The topological polar surface area (TPSA) is 145 Å². The van der Waals surface area contributed by atoms with Crippen LogP contribution in [0.15, 0.2) is 48.5 Å². The second kappa shape index (κ2) is 8.77. The van der Waals surface area contributed by atoms with Crippen LogP contribution in [0.2, 0.25) is 0 Å². The van der Waals surface area contributed by atoms with E-state index < -0.39 is 28.9 Å². The predicted molar refractivity (Wildman–Crippen MR) is 95.9 cm³/mol. The molecule has 2 rings (SSSR count). The number of nitro benzene ring substituents is 1. The van der Waals surface area contributed by atoms with Crippen molar-refractivity contribution in [2.75, 3.05) is 7.11 Å². The molecule has 0 aromatic heterocycles. The minimum absolute atomic E-state index is 0.132. The van der Waals surface area contributed by atoms with Gasteiger partial charge in [0.2, 0.25) is 5.91 Å². The Balaban J connectivity index is 2.21. The van der Waals surface area contributed by atoms with Gasteiger partial charge in [-0.1, -0.05) is 30.3 Å². The summed E-state index contributed by atoms with van der Waals surface area (Å²) in [6, 6.07) is 10.9. The zero-order valence-corrected chi connectivity index (χ0v) is 14.5. The lowest BCUT2D eigenvalue weighted by atomic mass is 10.0. The Hall–Kier alpha value is -3.46. The van der Waals surface area contributed by atoms with E-state index in [-0.39, 0.29) is 12.1 Å². The third kappa shape index (κ3) is 5.02. The van der Waals surface area contributed by atoms with E-state index in [0.29, 0.717) is 16.9 Å². The molecule has 0 unspecified atom stereocenters. The lowest BCUT2D eigenvalue weighted by molar-refractivity contribution is -0.384. The fourth-order valence-corrected chi connectivity index (χ4v) is 2.52. The number of hydrogen-bond acceptors (Lipinski definition) is 6. The third-order valence-corrected chi connectivity index (χ3v) is 3.92. The van der Waals surface area contributed by atoms with E-state index in [1.807, 2.05) is 0 Å². The first-order valence-electron chi connectivity index (χ1n) is 7.97. The summed E-state index contributed by atoms with van der Waals surface area (Å²) in [6.07, 6.45) is -1.62. The van der Waals surface area contributed by atoms with Gasteiger partial charge in [-0.05, 0) is 11.6 Å². The zero-order valence-electron chi connectivity index (χ0n) is 14.5. The first-order chi connectivity index (χ1) is 12.8. The highest BCUT2D eigenvalue weighted by atomic mass is 16.6. The van der Waals surface area contributed by atoms with E-state index in [4.69, 9.17) is 10.5 Å². The van der Waals surface area contributed by atoms with Gasteiger partial charge < -0.3 is 20.9 Å². The van der Waals surface area contributed by atoms with Crippen LogP contribution < -0.4 is 15.8 Å². The average Bonchev–Trinajstić information content (AvgIpc) is 2.67. The quantitative estimate of drug-likeness (QED) is 0.462. The van der Waals surface area contributed by atoms with E-state index in [0.717, 1.165) is 0 Å². The Bertz CT molecular complexity index is 840. The number of primary amides is 1. The van der Waals surface area contributed by atoms with Gasteiger partial charge in [0.05, 0.1) is 12.0 Å². The number of aliphatic hydroxyl groups is 1. The van der Waals surface area contributed by atoms with Crippen molar-refractivity contribution in [1.82, 2.24) is 5.32 Å². The Labute approximate surface area is 154 Å². The summed E-state index contributed by atoms with van der Waals surface area (Å²) in [4.78, 5) is 34.4. The minimum Gasteiger partial charge on any atom is -0.496 e. The summed E-state index contributed by atoms with van der Waals surface area (Å²) in [5.41, 5.74) is 5.84. The average molecular weight is 373 g/mol. The van der Waals surface area contributed by atoms with Crippen LogP contribution in [-0.2, 0) is 16.0 Å². The molecule has 2 atom stereocenters. The summed E-state index contributed by atoms with van der Waals surface area (Å²) in [5.74, 6) is -1.35. The molecule has 0 saturated heterocycles. The van der Waals surface area contributed by atoms with E-state index in [9.17, 15) is 24.8 Å². The molecule has 27 heavy (non-hydrogen) atoms. The standard InChI is InChI=1S/C18H19N3O6/c1-27-15-8-7-13(21(25)26)9-12(15)10-14(17(19)23)20-18(24)16(22)11-5-3-2-4-6-11/h2-9,14,16,22H,10H2,1H3,(H2,19,23)(H,20,24)/t14-,16+/m1/s1. The number of benzene rings is 2. The molecule has 0 saturated carbocycles. The van der Waals surface area contributed by atoms with E-state index in [1.165, 1.54) is 25.3 Å². The van der Waals surface area contributed by atoms with Crippen molar-refractivity contribution >= 4 is 17.5 Å². The van der Waals surface area contributed by atoms with E-state index in [2.05, 4.69) is 5.32 Å². The number of nitrogens with two attached hydrogens (primary N) is 1. The number of aliphatic hydroxyl groups excluding tert-OH is 1. The number of methoxy groups -OCH3 is 1. The van der Waals surface area contributed by atoms with Gasteiger partial charge in [-0.25, -0.2) is 0 Å². The van der Waals surface area contributed by atoms with E-state index in [1.54, 1.807) is 30.3 Å². The highest BCUT2D eigenvalue weighted by molar-refractivity contribution is 5.89. The molecule has 2 amide bonds. The number of amides is 2. The number of non-ortho nitro benzene ring substituents is 1. The van der Waals surface area contributed by atoms with Crippen molar-refractivity contribution in [2.24, 2.45) is 5.73 Å². The number of carbonyl (C=O) groups is 2. The number of nitrogens with zero attached hydrogens (tertiary/aromatic N) is 1. The number of ether oxygens (including phenoxy) is 1. The molecule has 0 heterocycles. The Kier molecular flexibility index (Phi) is 6.45. The normalized spacial score (nSPS) is 12.7. The Morgan fingerprint density at radius 2 is 1.93 bits per heavy atom. The molecule has 2 aromatic rings. The van der Waals surface area contributed by atoms with Crippen LogP contribution in [0, 0.1) is 10.1 Å².